The van der Waals surface area contributed by atoms with Crippen molar-refractivity contribution in [2.24, 2.45) is 4.99 Å². The van der Waals surface area contributed by atoms with Crippen molar-refractivity contribution in [3.63, 3.8) is 0 Å². The molecule has 2 N–H and O–H groups in total. The maximum Gasteiger partial charge on any atom is 0.190 e. The third-order valence-corrected chi connectivity index (χ3v) is 3.67. The van der Waals surface area contributed by atoms with E-state index in [1.54, 1.807) is 19.2 Å². The first-order valence-corrected chi connectivity index (χ1v) is 7.71. The first-order chi connectivity index (χ1) is 11.1. The summed E-state index contributed by atoms with van der Waals surface area (Å²) in [4.78, 5) is 4.18. The topological polar surface area (TPSA) is 62.5 Å². The first kappa shape index (κ1) is 20.4. The second kappa shape index (κ2) is 10.3. The van der Waals surface area contributed by atoms with Crippen LogP contribution in [0.2, 0.25) is 0 Å². The molecule has 2 aromatic rings. The Balaban J connectivity index is 0.00000288. The molecule has 1 aromatic heterocycles. The van der Waals surface area contributed by atoms with Crippen LogP contribution in [0.15, 0.2) is 33.8 Å². The molecular formula is C17H24FIN4O. The smallest absolute Gasteiger partial charge is 0.190 e. The average Bonchev–Trinajstić information content (AvgIpc) is 2.85. The Morgan fingerprint density at radius 2 is 1.92 bits per heavy atom. The number of guanidine groups is 1. The molecule has 0 saturated carbocycles. The molecular weight excluding hydrogens is 422 g/mol. The van der Waals surface area contributed by atoms with Crippen molar-refractivity contribution in [3.8, 4) is 0 Å². The SMILES string of the molecule is CN=C(NCCc1cccc(F)c1)NCCc1c(C)noc1C.I. The predicted molar refractivity (Wildman–Crippen MR) is 105 cm³/mol. The van der Waals surface area contributed by atoms with Gasteiger partial charge in [0.2, 0.25) is 0 Å². The van der Waals surface area contributed by atoms with Gasteiger partial charge in [0.1, 0.15) is 11.6 Å². The molecule has 0 fully saturated rings. The van der Waals surface area contributed by atoms with Gasteiger partial charge in [-0.25, -0.2) is 4.39 Å². The Kier molecular flexibility index (Phi) is 8.73. The fourth-order valence-electron chi connectivity index (χ4n) is 2.40. The van der Waals surface area contributed by atoms with Crippen LogP contribution in [0.3, 0.4) is 0 Å². The fraction of sp³-hybridized carbons (Fsp3) is 0.412. The minimum absolute atomic E-state index is 0. The van der Waals surface area contributed by atoms with Gasteiger partial charge < -0.3 is 15.2 Å². The van der Waals surface area contributed by atoms with Gasteiger partial charge in [0.05, 0.1) is 5.69 Å². The van der Waals surface area contributed by atoms with E-state index in [1.807, 2.05) is 19.9 Å². The van der Waals surface area contributed by atoms with Gasteiger partial charge in [-0.3, -0.25) is 4.99 Å². The van der Waals surface area contributed by atoms with Gasteiger partial charge in [0.15, 0.2) is 5.96 Å². The van der Waals surface area contributed by atoms with Crippen LogP contribution in [-0.4, -0.2) is 31.3 Å². The van der Waals surface area contributed by atoms with Gasteiger partial charge in [0, 0.05) is 25.7 Å². The van der Waals surface area contributed by atoms with E-state index in [9.17, 15) is 4.39 Å². The Bertz CT molecular complexity index is 653. The summed E-state index contributed by atoms with van der Waals surface area (Å²) in [5.74, 6) is 1.39. The van der Waals surface area contributed by atoms with Gasteiger partial charge in [-0.05, 0) is 44.4 Å². The molecule has 7 heteroatoms. The summed E-state index contributed by atoms with van der Waals surface area (Å²) in [6.07, 6.45) is 1.56. The molecule has 0 spiro atoms. The van der Waals surface area contributed by atoms with Crippen molar-refractivity contribution in [1.82, 2.24) is 15.8 Å². The van der Waals surface area contributed by atoms with Crippen molar-refractivity contribution >= 4 is 29.9 Å². The highest BCUT2D eigenvalue weighted by Gasteiger charge is 2.08. The second-order valence-corrected chi connectivity index (χ2v) is 5.36. The molecule has 0 amide bonds. The fourth-order valence-corrected chi connectivity index (χ4v) is 2.40. The van der Waals surface area contributed by atoms with E-state index in [-0.39, 0.29) is 29.8 Å². The quantitative estimate of drug-likeness (QED) is 0.407. The van der Waals surface area contributed by atoms with Crippen LogP contribution in [0, 0.1) is 19.7 Å². The molecule has 0 aliphatic carbocycles. The summed E-state index contributed by atoms with van der Waals surface area (Å²) in [7, 11) is 1.73. The number of hydrogen-bond acceptors (Lipinski definition) is 3. The van der Waals surface area contributed by atoms with Crippen molar-refractivity contribution in [2.75, 3.05) is 20.1 Å². The summed E-state index contributed by atoms with van der Waals surface area (Å²) < 4.78 is 18.3. The highest BCUT2D eigenvalue weighted by molar-refractivity contribution is 14.0. The predicted octanol–water partition coefficient (Wildman–Crippen LogP) is 3.00. The average molecular weight is 446 g/mol. The lowest BCUT2D eigenvalue weighted by Crippen LogP contribution is -2.39. The number of nitrogens with zero attached hydrogens (tertiary/aromatic N) is 2. The number of aromatic nitrogens is 1. The van der Waals surface area contributed by atoms with E-state index in [0.717, 1.165) is 47.9 Å². The van der Waals surface area contributed by atoms with Crippen LogP contribution in [0.5, 0.6) is 0 Å². The molecule has 0 aliphatic rings. The van der Waals surface area contributed by atoms with Crippen LogP contribution in [0.25, 0.3) is 0 Å². The highest BCUT2D eigenvalue weighted by atomic mass is 127. The van der Waals surface area contributed by atoms with Crippen molar-refractivity contribution < 1.29 is 8.91 Å². The van der Waals surface area contributed by atoms with Gasteiger partial charge in [-0.2, -0.15) is 0 Å². The normalized spacial score (nSPS) is 11.1. The summed E-state index contributed by atoms with van der Waals surface area (Å²) in [6.45, 7) is 5.29. The second-order valence-electron chi connectivity index (χ2n) is 5.36. The Morgan fingerprint density at radius 3 is 2.50 bits per heavy atom. The number of aryl methyl sites for hydroxylation is 2. The molecule has 0 aliphatic heterocycles. The first-order valence-electron chi connectivity index (χ1n) is 7.71. The maximum absolute atomic E-state index is 13.1. The summed E-state index contributed by atoms with van der Waals surface area (Å²) >= 11 is 0. The minimum atomic E-state index is -0.204. The van der Waals surface area contributed by atoms with E-state index >= 15 is 0 Å². The van der Waals surface area contributed by atoms with E-state index in [0.29, 0.717) is 6.54 Å². The minimum Gasteiger partial charge on any atom is -0.361 e. The highest BCUT2D eigenvalue weighted by Crippen LogP contribution is 2.11. The number of halogens is 2. The van der Waals surface area contributed by atoms with Crippen LogP contribution >= 0.6 is 24.0 Å². The van der Waals surface area contributed by atoms with Crippen molar-refractivity contribution in [2.45, 2.75) is 26.7 Å². The molecule has 0 unspecified atom stereocenters. The van der Waals surface area contributed by atoms with E-state index < -0.39 is 0 Å². The number of hydrogen-bond donors (Lipinski definition) is 2. The van der Waals surface area contributed by atoms with Gasteiger partial charge in [-0.15, -0.1) is 24.0 Å². The van der Waals surface area contributed by atoms with Gasteiger partial charge in [0.25, 0.3) is 0 Å². The number of benzene rings is 1. The summed E-state index contributed by atoms with van der Waals surface area (Å²) in [5, 5.41) is 10.4. The Labute approximate surface area is 159 Å². The zero-order valence-electron chi connectivity index (χ0n) is 14.2. The maximum atomic E-state index is 13.1. The van der Waals surface area contributed by atoms with Crippen LogP contribution < -0.4 is 10.6 Å². The van der Waals surface area contributed by atoms with E-state index in [2.05, 4.69) is 20.8 Å². The molecule has 24 heavy (non-hydrogen) atoms. The van der Waals surface area contributed by atoms with Crippen molar-refractivity contribution in [1.29, 1.82) is 0 Å². The lowest BCUT2D eigenvalue weighted by atomic mass is 10.1. The van der Waals surface area contributed by atoms with Gasteiger partial charge in [-0.1, -0.05) is 17.3 Å². The molecule has 0 atom stereocenters. The molecule has 1 heterocycles. The van der Waals surface area contributed by atoms with Crippen molar-refractivity contribution in [3.05, 3.63) is 52.7 Å². The Hall–Kier alpha value is -1.64. The summed E-state index contributed by atoms with van der Waals surface area (Å²) in [5.41, 5.74) is 3.02. The molecule has 0 bridgehead atoms. The molecule has 0 saturated heterocycles. The van der Waals surface area contributed by atoms with E-state index in [1.165, 1.54) is 6.07 Å². The van der Waals surface area contributed by atoms with E-state index in [4.69, 9.17) is 4.52 Å². The molecule has 132 valence electrons. The van der Waals surface area contributed by atoms with Crippen LogP contribution in [0.1, 0.15) is 22.6 Å². The standard InChI is InChI=1S/C17H23FN4O.HI/c1-12-16(13(2)23-22-12)8-10-21-17(19-3)20-9-7-14-5-4-6-15(18)11-14;/h4-6,11H,7-10H2,1-3H3,(H2,19,20,21);1H. The largest absolute Gasteiger partial charge is 0.361 e. The molecule has 0 radical (unpaired) electrons. The lowest BCUT2D eigenvalue weighted by Gasteiger charge is -2.11. The monoisotopic (exact) mass is 446 g/mol. The number of aliphatic imine (C=N–C) groups is 1. The third-order valence-electron chi connectivity index (χ3n) is 3.67. The van der Waals surface area contributed by atoms with Gasteiger partial charge >= 0.3 is 0 Å². The third kappa shape index (κ3) is 6.10. The summed E-state index contributed by atoms with van der Waals surface area (Å²) in [6, 6.07) is 6.64. The zero-order chi connectivity index (χ0) is 16.7. The number of nitrogens with one attached hydrogen (secondary N) is 2. The molecule has 2 rings (SSSR count). The molecule has 1 aromatic carbocycles. The zero-order valence-corrected chi connectivity index (χ0v) is 16.6. The van der Waals surface area contributed by atoms with Crippen LogP contribution in [0.4, 0.5) is 4.39 Å². The number of rotatable bonds is 6. The van der Waals surface area contributed by atoms with Crippen LogP contribution in [-0.2, 0) is 12.8 Å². The lowest BCUT2D eigenvalue weighted by molar-refractivity contribution is 0.392. The Morgan fingerprint density at radius 1 is 1.21 bits per heavy atom. The molecule has 5 nitrogen and oxygen atoms in total.